The first-order chi connectivity index (χ1) is 10.0. The second-order valence-corrected chi connectivity index (χ2v) is 4.49. The average Bonchev–Trinajstić information content (AvgIpc) is 2.49. The standard InChI is InChI=1S/C15H19NO5/c1-11(15(19)20)21-10-9-16-14(18)8-7-13(17)12-5-3-2-4-6-12/h2-6,11H,7-10H2,1H3,(H,16,18)(H,19,20). The minimum Gasteiger partial charge on any atom is -0.479 e. The second-order valence-electron chi connectivity index (χ2n) is 4.49. The minimum atomic E-state index is -1.05. The van der Waals surface area contributed by atoms with Gasteiger partial charge in [0.25, 0.3) is 0 Å². The van der Waals surface area contributed by atoms with Crippen molar-refractivity contribution in [1.82, 2.24) is 5.32 Å². The zero-order chi connectivity index (χ0) is 15.7. The number of aliphatic carboxylic acids is 1. The predicted molar refractivity (Wildman–Crippen MR) is 76.1 cm³/mol. The van der Waals surface area contributed by atoms with E-state index in [1.165, 1.54) is 6.92 Å². The number of rotatable bonds is 9. The lowest BCUT2D eigenvalue weighted by atomic mass is 10.1. The van der Waals surface area contributed by atoms with Gasteiger partial charge in [-0.25, -0.2) is 4.79 Å². The Hall–Kier alpha value is -2.21. The lowest BCUT2D eigenvalue weighted by Crippen LogP contribution is -2.30. The van der Waals surface area contributed by atoms with Crippen molar-refractivity contribution in [3.8, 4) is 0 Å². The maximum absolute atomic E-state index is 11.8. The number of nitrogens with one attached hydrogen (secondary N) is 1. The van der Waals surface area contributed by atoms with Gasteiger partial charge in [-0.2, -0.15) is 0 Å². The highest BCUT2D eigenvalue weighted by molar-refractivity contribution is 5.97. The maximum Gasteiger partial charge on any atom is 0.332 e. The lowest BCUT2D eigenvalue weighted by Gasteiger charge is -2.09. The van der Waals surface area contributed by atoms with Crippen LogP contribution in [0.3, 0.4) is 0 Å². The fraction of sp³-hybridized carbons (Fsp3) is 0.400. The van der Waals surface area contributed by atoms with Crippen LogP contribution in [0.15, 0.2) is 30.3 Å². The van der Waals surface area contributed by atoms with Crippen molar-refractivity contribution in [2.45, 2.75) is 25.9 Å². The second kappa shape index (κ2) is 8.86. The van der Waals surface area contributed by atoms with Crippen LogP contribution < -0.4 is 5.32 Å². The number of Topliss-reactive ketones (excluding diaryl/α,β-unsaturated/α-hetero) is 1. The van der Waals surface area contributed by atoms with Crippen LogP contribution in [0.4, 0.5) is 0 Å². The van der Waals surface area contributed by atoms with Crippen molar-refractivity contribution >= 4 is 17.7 Å². The molecule has 1 unspecified atom stereocenters. The molecule has 0 radical (unpaired) electrons. The summed E-state index contributed by atoms with van der Waals surface area (Å²) < 4.78 is 4.97. The van der Waals surface area contributed by atoms with Gasteiger partial charge in [0.2, 0.25) is 5.91 Å². The molecule has 0 aliphatic rings. The van der Waals surface area contributed by atoms with Gasteiger partial charge in [0.05, 0.1) is 6.61 Å². The summed E-state index contributed by atoms with van der Waals surface area (Å²) in [6, 6.07) is 8.78. The molecule has 0 heterocycles. The molecule has 0 bridgehead atoms. The molecule has 114 valence electrons. The quantitative estimate of drug-likeness (QED) is 0.528. The number of carbonyl (C=O) groups is 3. The van der Waals surface area contributed by atoms with Crippen molar-refractivity contribution in [2.75, 3.05) is 13.2 Å². The summed E-state index contributed by atoms with van der Waals surface area (Å²) in [6.07, 6.45) is -0.661. The highest BCUT2D eigenvalue weighted by atomic mass is 16.5. The van der Waals surface area contributed by atoms with Gasteiger partial charge in [0, 0.05) is 24.9 Å². The van der Waals surface area contributed by atoms with Crippen LogP contribution in [0.5, 0.6) is 0 Å². The van der Waals surface area contributed by atoms with Crippen molar-refractivity contribution in [1.29, 1.82) is 0 Å². The summed E-state index contributed by atoms with van der Waals surface area (Å²) in [6.45, 7) is 1.75. The molecule has 1 aromatic carbocycles. The third kappa shape index (κ3) is 6.67. The number of benzene rings is 1. The number of carbonyl (C=O) groups excluding carboxylic acids is 2. The van der Waals surface area contributed by atoms with E-state index in [-0.39, 0.29) is 37.7 Å². The molecular weight excluding hydrogens is 274 g/mol. The first-order valence-corrected chi connectivity index (χ1v) is 6.70. The monoisotopic (exact) mass is 293 g/mol. The fourth-order valence-electron chi connectivity index (χ4n) is 1.58. The Bertz CT molecular complexity index is 486. The summed E-state index contributed by atoms with van der Waals surface area (Å²) in [7, 11) is 0. The van der Waals surface area contributed by atoms with Crippen LogP contribution in [-0.2, 0) is 14.3 Å². The molecule has 6 nitrogen and oxygen atoms in total. The number of ketones is 1. The van der Waals surface area contributed by atoms with E-state index >= 15 is 0 Å². The van der Waals surface area contributed by atoms with Crippen LogP contribution in [-0.4, -0.2) is 42.0 Å². The fourth-order valence-corrected chi connectivity index (χ4v) is 1.58. The molecule has 1 atom stereocenters. The smallest absolute Gasteiger partial charge is 0.332 e. The third-order valence-corrected chi connectivity index (χ3v) is 2.81. The molecule has 0 aromatic heterocycles. The molecule has 0 saturated heterocycles. The zero-order valence-electron chi connectivity index (χ0n) is 11.9. The Morgan fingerprint density at radius 1 is 1.19 bits per heavy atom. The van der Waals surface area contributed by atoms with E-state index in [2.05, 4.69) is 5.32 Å². The van der Waals surface area contributed by atoms with E-state index in [9.17, 15) is 14.4 Å². The average molecular weight is 293 g/mol. The molecule has 0 aliphatic heterocycles. The van der Waals surface area contributed by atoms with Crippen molar-refractivity contribution in [2.24, 2.45) is 0 Å². The Balaban J connectivity index is 2.17. The molecule has 0 spiro atoms. The van der Waals surface area contributed by atoms with E-state index in [4.69, 9.17) is 9.84 Å². The number of ether oxygens (including phenoxy) is 1. The lowest BCUT2D eigenvalue weighted by molar-refractivity contribution is -0.149. The van der Waals surface area contributed by atoms with Crippen LogP contribution in [0.1, 0.15) is 30.1 Å². The SMILES string of the molecule is CC(OCCNC(=O)CCC(=O)c1ccccc1)C(=O)O. The van der Waals surface area contributed by atoms with Crippen molar-refractivity contribution in [3.05, 3.63) is 35.9 Å². The molecule has 2 N–H and O–H groups in total. The van der Waals surface area contributed by atoms with Gasteiger partial charge in [-0.05, 0) is 6.92 Å². The molecule has 0 fully saturated rings. The third-order valence-electron chi connectivity index (χ3n) is 2.81. The number of carboxylic acids is 1. The predicted octanol–water partition coefficient (Wildman–Crippen LogP) is 1.26. The largest absolute Gasteiger partial charge is 0.479 e. The van der Waals surface area contributed by atoms with Crippen LogP contribution in [0.2, 0.25) is 0 Å². The summed E-state index contributed by atoms with van der Waals surface area (Å²) in [5.74, 6) is -1.39. The molecule has 1 aromatic rings. The molecule has 1 amide bonds. The first kappa shape index (κ1) is 16.8. The molecular formula is C15H19NO5. The molecule has 0 aliphatic carbocycles. The Morgan fingerprint density at radius 2 is 1.86 bits per heavy atom. The van der Waals surface area contributed by atoms with Crippen molar-refractivity contribution < 1.29 is 24.2 Å². The summed E-state index contributed by atoms with van der Waals surface area (Å²) in [4.78, 5) is 33.8. The van der Waals surface area contributed by atoms with Gasteiger partial charge < -0.3 is 15.2 Å². The van der Waals surface area contributed by atoms with Gasteiger partial charge in [-0.3, -0.25) is 9.59 Å². The van der Waals surface area contributed by atoms with Crippen LogP contribution in [0, 0.1) is 0 Å². The van der Waals surface area contributed by atoms with E-state index in [0.717, 1.165) is 0 Å². The number of hydrogen-bond acceptors (Lipinski definition) is 4. The van der Waals surface area contributed by atoms with E-state index in [0.29, 0.717) is 5.56 Å². The molecule has 1 rings (SSSR count). The Morgan fingerprint density at radius 3 is 2.48 bits per heavy atom. The van der Waals surface area contributed by atoms with E-state index in [1.807, 2.05) is 6.07 Å². The van der Waals surface area contributed by atoms with Crippen molar-refractivity contribution in [3.63, 3.8) is 0 Å². The van der Waals surface area contributed by atoms with Gasteiger partial charge >= 0.3 is 5.97 Å². The van der Waals surface area contributed by atoms with E-state index in [1.54, 1.807) is 24.3 Å². The number of carboxylic acid groups (broad SMARTS) is 1. The normalized spacial score (nSPS) is 11.7. The van der Waals surface area contributed by atoms with Gasteiger partial charge in [0.15, 0.2) is 11.9 Å². The summed E-state index contributed by atoms with van der Waals surface area (Å²) >= 11 is 0. The molecule has 0 saturated carbocycles. The summed E-state index contributed by atoms with van der Waals surface area (Å²) in [5, 5.41) is 11.2. The van der Waals surface area contributed by atoms with Gasteiger partial charge in [0.1, 0.15) is 0 Å². The Kier molecular flexibility index (Phi) is 7.11. The Labute approximate surface area is 123 Å². The molecule has 21 heavy (non-hydrogen) atoms. The topological polar surface area (TPSA) is 92.7 Å². The summed E-state index contributed by atoms with van der Waals surface area (Å²) in [5.41, 5.74) is 0.587. The zero-order valence-corrected chi connectivity index (χ0v) is 11.9. The first-order valence-electron chi connectivity index (χ1n) is 6.70. The highest BCUT2D eigenvalue weighted by Gasteiger charge is 2.11. The van der Waals surface area contributed by atoms with E-state index < -0.39 is 12.1 Å². The molecule has 6 heteroatoms. The van der Waals surface area contributed by atoms with Gasteiger partial charge in [-0.1, -0.05) is 30.3 Å². The maximum atomic E-state index is 11.8. The number of hydrogen-bond donors (Lipinski definition) is 2. The number of amides is 1. The van der Waals surface area contributed by atoms with Crippen LogP contribution >= 0.6 is 0 Å². The minimum absolute atomic E-state index is 0.0819. The highest BCUT2D eigenvalue weighted by Crippen LogP contribution is 2.04. The van der Waals surface area contributed by atoms with Gasteiger partial charge in [-0.15, -0.1) is 0 Å². The van der Waals surface area contributed by atoms with Crippen LogP contribution in [0.25, 0.3) is 0 Å².